The van der Waals surface area contributed by atoms with Gasteiger partial charge >= 0.3 is 0 Å². The Hall–Kier alpha value is -0.740. The first-order valence-electron chi connectivity index (χ1n) is 6.89. The highest BCUT2D eigenvalue weighted by molar-refractivity contribution is 6.36. The first-order valence-corrected chi connectivity index (χ1v) is 8.03. The Morgan fingerprint density at radius 2 is 1.86 bits per heavy atom. The van der Waals surface area contributed by atoms with Gasteiger partial charge in [-0.25, -0.2) is 0 Å². The molecule has 1 atom stereocenters. The molecule has 1 unspecified atom stereocenters. The van der Waals surface area contributed by atoms with Crippen LogP contribution < -0.4 is 5.32 Å². The highest BCUT2D eigenvalue weighted by atomic mass is 35.5. The largest absolute Gasteiger partial charge is 0.311 e. The number of hydrogen-bond donors (Lipinski definition) is 1. The third-order valence-corrected chi connectivity index (χ3v) is 4.42. The molecule has 0 bridgehead atoms. The molecule has 0 radical (unpaired) electrons. The van der Waals surface area contributed by atoms with Gasteiger partial charge < -0.3 is 5.32 Å². The zero-order valence-electron chi connectivity index (χ0n) is 12.0. The van der Waals surface area contributed by atoms with Gasteiger partial charge in [-0.1, -0.05) is 47.8 Å². The minimum absolute atomic E-state index is 0.00366. The first-order chi connectivity index (χ1) is 10.1. The Bertz CT molecular complexity index is 590. The topological polar surface area (TPSA) is 29.9 Å². The summed E-state index contributed by atoms with van der Waals surface area (Å²) in [7, 11) is 1.90. The van der Waals surface area contributed by atoms with Crippen LogP contribution in [0, 0.1) is 0 Å². The number of benzene rings is 1. The van der Waals surface area contributed by atoms with Gasteiger partial charge in [0.1, 0.15) is 0 Å². The number of hydrogen-bond acceptors (Lipinski definition) is 2. The van der Waals surface area contributed by atoms with E-state index in [-0.39, 0.29) is 6.04 Å². The summed E-state index contributed by atoms with van der Waals surface area (Å²) in [6.07, 6.45) is 3.34. The molecule has 0 amide bonds. The lowest BCUT2D eigenvalue weighted by molar-refractivity contribution is 0.497. The van der Waals surface area contributed by atoms with Gasteiger partial charge in [0.15, 0.2) is 0 Å². The van der Waals surface area contributed by atoms with Crippen LogP contribution in [-0.4, -0.2) is 16.8 Å². The van der Waals surface area contributed by atoms with Crippen molar-refractivity contribution in [1.29, 1.82) is 0 Å². The van der Waals surface area contributed by atoms with Crippen molar-refractivity contribution in [3.8, 4) is 0 Å². The summed E-state index contributed by atoms with van der Waals surface area (Å²) in [6.45, 7) is 2.94. The van der Waals surface area contributed by atoms with Crippen LogP contribution in [0.4, 0.5) is 0 Å². The molecule has 2 aromatic rings. The Morgan fingerprint density at radius 1 is 1.19 bits per heavy atom. The van der Waals surface area contributed by atoms with Gasteiger partial charge in [0.25, 0.3) is 0 Å². The summed E-state index contributed by atoms with van der Waals surface area (Å²) in [4.78, 5) is 0. The number of nitrogens with zero attached hydrogens (tertiary/aromatic N) is 2. The molecule has 1 aromatic carbocycles. The molecular formula is C15H18Cl3N3. The van der Waals surface area contributed by atoms with Gasteiger partial charge in [-0.05, 0) is 37.6 Å². The molecule has 6 heteroatoms. The molecular weight excluding hydrogens is 329 g/mol. The fourth-order valence-corrected chi connectivity index (χ4v) is 3.20. The fraction of sp³-hybridized carbons (Fsp3) is 0.400. The zero-order valence-corrected chi connectivity index (χ0v) is 14.3. The van der Waals surface area contributed by atoms with Crippen molar-refractivity contribution in [1.82, 2.24) is 15.1 Å². The van der Waals surface area contributed by atoms with E-state index in [2.05, 4.69) is 17.3 Å². The second-order valence-corrected chi connectivity index (χ2v) is 6.07. The summed E-state index contributed by atoms with van der Waals surface area (Å²) in [6, 6.07) is 5.54. The Labute approximate surface area is 140 Å². The molecule has 0 aliphatic rings. The summed E-state index contributed by atoms with van der Waals surface area (Å²) < 4.78 is 1.94. The van der Waals surface area contributed by atoms with Gasteiger partial charge in [0, 0.05) is 16.6 Å². The smallest absolute Gasteiger partial charge is 0.0834 e. The summed E-state index contributed by atoms with van der Waals surface area (Å²) in [5, 5.41) is 9.62. The highest BCUT2D eigenvalue weighted by Crippen LogP contribution is 2.31. The average molecular weight is 347 g/mol. The van der Waals surface area contributed by atoms with Crippen molar-refractivity contribution in [2.75, 3.05) is 7.05 Å². The van der Waals surface area contributed by atoms with Crippen LogP contribution in [0.1, 0.15) is 30.6 Å². The molecule has 2 rings (SSSR count). The molecule has 0 aliphatic carbocycles. The predicted octanol–water partition coefficient (Wildman–Crippen LogP) is 4.76. The van der Waals surface area contributed by atoms with Crippen LogP contribution in [0.5, 0.6) is 0 Å². The van der Waals surface area contributed by atoms with E-state index in [1.165, 1.54) is 0 Å². The van der Waals surface area contributed by atoms with Crippen molar-refractivity contribution in [2.45, 2.75) is 32.4 Å². The van der Waals surface area contributed by atoms with Crippen molar-refractivity contribution in [2.24, 2.45) is 0 Å². The third-order valence-electron chi connectivity index (χ3n) is 3.42. The van der Waals surface area contributed by atoms with E-state index in [0.717, 1.165) is 24.2 Å². The van der Waals surface area contributed by atoms with E-state index in [1.54, 1.807) is 6.20 Å². The van der Waals surface area contributed by atoms with Gasteiger partial charge in [-0.3, -0.25) is 4.68 Å². The third kappa shape index (κ3) is 3.72. The monoisotopic (exact) mass is 345 g/mol. The maximum Gasteiger partial charge on any atom is 0.0834 e. The Balaban J connectivity index is 2.35. The molecule has 1 aromatic heterocycles. The number of halogens is 3. The van der Waals surface area contributed by atoms with E-state index < -0.39 is 0 Å². The van der Waals surface area contributed by atoms with E-state index in [9.17, 15) is 0 Å². The lowest BCUT2D eigenvalue weighted by Gasteiger charge is -2.20. The second kappa shape index (κ2) is 7.50. The minimum Gasteiger partial charge on any atom is -0.311 e. The maximum absolute atomic E-state index is 6.31. The van der Waals surface area contributed by atoms with E-state index >= 15 is 0 Å². The van der Waals surface area contributed by atoms with Crippen molar-refractivity contribution in [3.05, 3.63) is 50.7 Å². The lowest BCUT2D eigenvalue weighted by atomic mass is 10.0. The van der Waals surface area contributed by atoms with Crippen molar-refractivity contribution < 1.29 is 0 Å². The van der Waals surface area contributed by atoms with E-state index in [4.69, 9.17) is 34.8 Å². The Morgan fingerprint density at radius 3 is 2.43 bits per heavy atom. The van der Waals surface area contributed by atoms with Crippen LogP contribution in [0.2, 0.25) is 15.1 Å². The average Bonchev–Trinajstić information content (AvgIpc) is 2.81. The normalized spacial score (nSPS) is 12.6. The minimum atomic E-state index is 0.00366. The standard InChI is InChI=1S/C15H18Cl3N3/c1-3-7-21-15(13(18)9-20-21)14(19-2)8-10-11(16)5-4-6-12(10)17/h4-6,9,14,19H,3,7-8H2,1-2H3. The summed E-state index contributed by atoms with van der Waals surface area (Å²) >= 11 is 18.8. The molecule has 0 aliphatic heterocycles. The van der Waals surface area contributed by atoms with Gasteiger partial charge in [0.2, 0.25) is 0 Å². The highest BCUT2D eigenvalue weighted by Gasteiger charge is 2.21. The summed E-state index contributed by atoms with van der Waals surface area (Å²) in [5.41, 5.74) is 1.89. The molecule has 0 saturated heterocycles. The predicted molar refractivity (Wildman–Crippen MR) is 89.5 cm³/mol. The zero-order chi connectivity index (χ0) is 15.4. The molecule has 1 heterocycles. The fourth-order valence-electron chi connectivity index (χ4n) is 2.38. The first kappa shape index (κ1) is 16.6. The van der Waals surface area contributed by atoms with E-state index in [1.807, 2.05) is 29.9 Å². The van der Waals surface area contributed by atoms with Crippen LogP contribution in [0.25, 0.3) is 0 Å². The van der Waals surface area contributed by atoms with Crippen LogP contribution in [-0.2, 0) is 13.0 Å². The molecule has 21 heavy (non-hydrogen) atoms. The number of likely N-dealkylation sites (N-methyl/N-ethyl adjacent to an activating group) is 1. The van der Waals surface area contributed by atoms with Gasteiger partial charge in [-0.2, -0.15) is 5.10 Å². The number of aromatic nitrogens is 2. The van der Waals surface area contributed by atoms with Crippen LogP contribution in [0.15, 0.2) is 24.4 Å². The summed E-state index contributed by atoms with van der Waals surface area (Å²) in [5.74, 6) is 0. The Kier molecular flexibility index (Phi) is 5.94. The number of aryl methyl sites for hydroxylation is 1. The van der Waals surface area contributed by atoms with Gasteiger partial charge in [-0.15, -0.1) is 0 Å². The van der Waals surface area contributed by atoms with Crippen molar-refractivity contribution >= 4 is 34.8 Å². The second-order valence-electron chi connectivity index (χ2n) is 4.85. The molecule has 0 fully saturated rings. The van der Waals surface area contributed by atoms with Crippen LogP contribution >= 0.6 is 34.8 Å². The quantitative estimate of drug-likeness (QED) is 0.817. The molecule has 0 spiro atoms. The molecule has 1 N–H and O–H groups in total. The SMILES string of the molecule is CCCn1ncc(Cl)c1C(Cc1c(Cl)cccc1Cl)NC. The molecule has 3 nitrogen and oxygen atoms in total. The number of nitrogens with one attached hydrogen (secondary N) is 1. The van der Waals surface area contributed by atoms with Gasteiger partial charge in [0.05, 0.1) is 23.0 Å². The molecule has 0 saturated carbocycles. The van der Waals surface area contributed by atoms with Crippen molar-refractivity contribution in [3.63, 3.8) is 0 Å². The van der Waals surface area contributed by atoms with Crippen LogP contribution in [0.3, 0.4) is 0 Å². The number of rotatable bonds is 6. The van der Waals surface area contributed by atoms with E-state index in [0.29, 0.717) is 21.5 Å². The lowest BCUT2D eigenvalue weighted by Crippen LogP contribution is -2.23. The molecule has 114 valence electrons. The maximum atomic E-state index is 6.31.